The smallest absolute Gasteiger partial charge is 0.407 e. The number of piperidine rings is 2. The number of aryl methyl sites for hydroxylation is 2. The van der Waals surface area contributed by atoms with Crippen molar-refractivity contribution in [2.24, 2.45) is 5.73 Å². The van der Waals surface area contributed by atoms with Crippen LogP contribution in [0.15, 0.2) is 72.8 Å². The molecule has 0 saturated carbocycles. The number of fused-ring (bicyclic) bond motifs is 2. The SMILES string of the molecule is Cc1ccc2c(N3CCC(N)CC3)nc(-c3c(O)cccc3F)nc2c1.Cc1ccc2c(N3CCC(NC(=O)OC(C)(C)C)CC3)nc(-c3c(O)cccc3F)nc2c1. The van der Waals surface area contributed by atoms with Crippen LogP contribution in [0.1, 0.15) is 57.6 Å². The van der Waals surface area contributed by atoms with Gasteiger partial charge in [0.05, 0.1) is 22.2 Å². The van der Waals surface area contributed by atoms with Crippen LogP contribution in [0.4, 0.5) is 25.2 Å². The van der Waals surface area contributed by atoms with Crippen molar-refractivity contribution < 1.29 is 28.5 Å². The molecule has 0 atom stereocenters. The molecule has 0 aliphatic carbocycles. The van der Waals surface area contributed by atoms with Crippen LogP contribution in [0, 0.1) is 25.5 Å². The van der Waals surface area contributed by atoms with Crippen LogP contribution in [-0.2, 0) is 4.74 Å². The summed E-state index contributed by atoms with van der Waals surface area (Å²) in [5.74, 6) is 0.317. The maximum Gasteiger partial charge on any atom is 0.407 e. The molecule has 0 radical (unpaired) electrons. The van der Waals surface area contributed by atoms with Gasteiger partial charge in [0.15, 0.2) is 11.6 Å². The van der Waals surface area contributed by atoms with E-state index >= 15 is 0 Å². The van der Waals surface area contributed by atoms with Crippen LogP contribution in [0.5, 0.6) is 11.5 Å². The Morgan fingerprint density at radius 3 is 1.58 bits per heavy atom. The molecule has 6 aromatic rings. The molecule has 0 unspecified atom stereocenters. The third-order valence-electron chi connectivity index (χ3n) is 10.4. The minimum absolute atomic E-state index is 0.00142. The maximum absolute atomic E-state index is 14.6. The third-order valence-corrected chi connectivity index (χ3v) is 10.4. The first-order valence-electron chi connectivity index (χ1n) is 19.9. The lowest BCUT2D eigenvalue weighted by atomic mass is 10.0. The number of nitrogens with zero attached hydrogens (tertiary/aromatic N) is 6. The molecule has 5 N–H and O–H groups in total. The van der Waals surface area contributed by atoms with E-state index in [9.17, 15) is 23.8 Å². The van der Waals surface area contributed by atoms with E-state index in [4.69, 9.17) is 10.5 Å². The van der Waals surface area contributed by atoms with E-state index in [1.54, 1.807) is 0 Å². The van der Waals surface area contributed by atoms with E-state index in [1.807, 2.05) is 71.0 Å². The van der Waals surface area contributed by atoms with E-state index in [2.05, 4.69) is 35.1 Å². The molecule has 14 heteroatoms. The topological polar surface area (TPSA) is 163 Å². The number of amides is 1. The van der Waals surface area contributed by atoms with Crippen molar-refractivity contribution in [3.8, 4) is 34.3 Å². The molecule has 4 aromatic carbocycles. The van der Waals surface area contributed by atoms with Crippen LogP contribution < -0.4 is 20.9 Å². The van der Waals surface area contributed by atoms with Gasteiger partial charge in [-0.2, -0.15) is 0 Å². The number of hydrogen-bond donors (Lipinski definition) is 4. The standard InChI is InChI=1S/C25H29FN4O3.C20H21FN4O/c1-15-8-9-17-19(14-15)28-22(21-18(26)6-5-7-20(21)31)29-23(17)30-12-10-16(11-13-30)27-24(32)33-25(2,3)4;1-12-5-6-14-16(11-12)23-19(18-15(21)3-2-4-17(18)26)24-20(14)25-9-7-13(22)8-10-25/h5-9,14,16,31H,10-13H2,1-4H3,(H,27,32);2-6,11,13,26H,7-10,22H2,1H3. The van der Waals surface area contributed by atoms with Crippen molar-refractivity contribution in [2.75, 3.05) is 36.0 Å². The molecular formula is C45H50F2N8O4. The van der Waals surface area contributed by atoms with Crippen LogP contribution in [-0.4, -0.2) is 80.1 Å². The normalized spacial score (nSPS) is 15.3. The highest BCUT2D eigenvalue weighted by molar-refractivity contribution is 5.93. The molecule has 0 bridgehead atoms. The Labute approximate surface area is 342 Å². The number of rotatable bonds is 5. The predicted molar refractivity (Wildman–Crippen MR) is 227 cm³/mol. The highest BCUT2D eigenvalue weighted by atomic mass is 19.1. The zero-order valence-electron chi connectivity index (χ0n) is 34.0. The molecule has 8 rings (SSSR count). The first kappa shape index (κ1) is 41.0. The van der Waals surface area contributed by atoms with Crippen LogP contribution in [0.25, 0.3) is 44.6 Å². The highest BCUT2D eigenvalue weighted by Gasteiger charge is 2.27. The minimum atomic E-state index is -0.576. The second-order valence-electron chi connectivity index (χ2n) is 16.3. The summed E-state index contributed by atoms with van der Waals surface area (Å²) < 4.78 is 34.3. The van der Waals surface area contributed by atoms with Crippen molar-refractivity contribution in [3.05, 3.63) is 95.6 Å². The van der Waals surface area contributed by atoms with Gasteiger partial charge in [0.25, 0.3) is 0 Å². The largest absolute Gasteiger partial charge is 0.507 e. The van der Waals surface area contributed by atoms with Crippen molar-refractivity contribution in [2.45, 2.75) is 78.0 Å². The Morgan fingerprint density at radius 2 is 1.15 bits per heavy atom. The molecule has 4 heterocycles. The van der Waals surface area contributed by atoms with Crippen LogP contribution in [0.3, 0.4) is 0 Å². The number of halogens is 2. The van der Waals surface area contributed by atoms with Gasteiger partial charge in [0.1, 0.15) is 40.4 Å². The average molecular weight is 805 g/mol. The predicted octanol–water partition coefficient (Wildman–Crippen LogP) is 8.32. The summed E-state index contributed by atoms with van der Waals surface area (Å²) in [6.45, 7) is 12.4. The van der Waals surface area contributed by atoms with Crippen molar-refractivity contribution in [1.82, 2.24) is 25.3 Å². The second kappa shape index (κ2) is 17.0. The number of carbonyl (C=O) groups excluding carboxylic acids is 1. The van der Waals surface area contributed by atoms with E-state index < -0.39 is 23.3 Å². The number of phenols is 2. The number of nitrogens with two attached hydrogens (primary N) is 1. The number of anilines is 2. The molecule has 2 aliphatic rings. The third kappa shape index (κ3) is 9.44. The lowest BCUT2D eigenvalue weighted by Gasteiger charge is -2.34. The van der Waals surface area contributed by atoms with Gasteiger partial charge in [0.2, 0.25) is 0 Å². The van der Waals surface area contributed by atoms with Gasteiger partial charge in [0, 0.05) is 49.0 Å². The summed E-state index contributed by atoms with van der Waals surface area (Å²) in [4.78, 5) is 34.8. The van der Waals surface area contributed by atoms with Gasteiger partial charge in [-0.15, -0.1) is 0 Å². The fraction of sp³-hybridized carbons (Fsp3) is 0.356. The number of phenolic OH excluding ortho intramolecular Hbond substituents is 2. The number of hydrogen-bond acceptors (Lipinski definition) is 11. The Morgan fingerprint density at radius 1 is 0.712 bits per heavy atom. The first-order chi connectivity index (χ1) is 28.1. The van der Waals surface area contributed by atoms with Gasteiger partial charge in [-0.25, -0.2) is 33.5 Å². The summed E-state index contributed by atoms with van der Waals surface area (Å²) in [6, 6.07) is 20.4. The molecule has 0 spiro atoms. The van der Waals surface area contributed by atoms with Crippen LogP contribution >= 0.6 is 0 Å². The maximum atomic E-state index is 14.6. The number of aromatic hydroxyl groups is 2. The van der Waals surface area contributed by atoms with Crippen molar-refractivity contribution in [3.63, 3.8) is 0 Å². The molecule has 2 saturated heterocycles. The van der Waals surface area contributed by atoms with E-state index in [1.165, 1.54) is 36.4 Å². The lowest BCUT2D eigenvalue weighted by Crippen LogP contribution is -2.46. The van der Waals surface area contributed by atoms with Gasteiger partial charge < -0.3 is 35.8 Å². The zero-order valence-corrected chi connectivity index (χ0v) is 34.0. The highest BCUT2D eigenvalue weighted by Crippen LogP contribution is 2.36. The van der Waals surface area contributed by atoms with Crippen molar-refractivity contribution in [1.29, 1.82) is 0 Å². The van der Waals surface area contributed by atoms with E-state index in [-0.39, 0.29) is 46.4 Å². The average Bonchev–Trinajstić information content (AvgIpc) is 3.17. The Bertz CT molecular complexity index is 2460. The quantitative estimate of drug-likeness (QED) is 0.133. The van der Waals surface area contributed by atoms with Crippen molar-refractivity contribution >= 4 is 39.5 Å². The monoisotopic (exact) mass is 804 g/mol. The summed E-state index contributed by atoms with van der Waals surface area (Å²) >= 11 is 0. The fourth-order valence-electron chi connectivity index (χ4n) is 7.44. The summed E-state index contributed by atoms with van der Waals surface area (Å²) in [6.07, 6.45) is 2.80. The van der Waals surface area contributed by atoms with Gasteiger partial charge in [-0.05, 0) is 120 Å². The number of benzene rings is 4. The number of carbonyl (C=O) groups is 1. The van der Waals surface area contributed by atoms with E-state index in [0.717, 1.165) is 72.0 Å². The lowest BCUT2D eigenvalue weighted by molar-refractivity contribution is 0.0497. The summed E-state index contributed by atoms with van der Waals surface area (Å²) in [5, 5.41) is 25.2. The molecule has 1 amide bonds. The Balaban J connectivity index is 0.000000184. The number of nitrogens with one attached hydrogen (secondary N) is 1. The number of ether oxygens (including phenoxy) is 1. The Hall–Kier alpha value is -6.15. The zero-order chi connectivity index (χ0) is 42.0. The molecule has 59 heavy (non-hydrogen) atoms. The van der Waals surface area contributed by atoms with Crippen LogP contribution in [0.2, 0.25) is 0 Å². The second-order valence-corrected chi connectivity index (χ2v) is 16.3. The van der Waals surface area contributed by atoms with E-state index in [0.29, 0.717) is 24.4 Å². The number of alkyl carbamates (subject to hydrolysis) is 1. The first-order valence-corrected chi connectivity index (χ1v) is 19.9. The van der Waals surface area contributed by atoms with Gasteiger partial charge in [-0.1, -0.05) is 24.3 Å². The summed E-state index contributed by atoms with van der Waals surface area (Å²) in [7, 11) is 0. The number of aromatic nitrogens is 4. The molecule has 2 fully saturated rings. The molecule has 2 aliphatic heterocycles. The molecule has 12 nitrogen and oxygen atoms in total. The molecule has 2 aromatic heterocycles. The molecular weight excluding hydrogens is 755 g/mol. The Kier molecular flexibility index (Phi) is 11.8. The fourth-order valence-corrected chi connectivity index (χ4v) is 7.44. The van der Waals surface area contributed by atoms with Gasteiger partial charge >= 0.3 is 6.09 Å². The minimum Gasteiger partial charge on any atom is -0.507 e. The van der Waals surface area contributed by atoms with Gasteiger partial charge in [-0.3, -0.25) is 0 Å². The summed E-state index contributed by atoms with van der Waals surface area (Å²) in [5.41, 5.74) is 9.02. The molecule has 308 valence electrons.